The summed E-state index contributed by atoms with van der Waals surface area (Å²) < 4.78 is 18.5. The molecule has 2 rings (SSSR count). The summed E-state index contributed by atoms with van der Waals surface area (Å²) in [6.45, 7) is 6.12. The molecule has 0 spiro atoms. The van der Waals surface area contributed by atoms with Gasteiger partial charge in [0.05, 0.1) is 5.02 Å². The van der Waals surface area contributed by atoms with Crippen molar-refractivity contribution in [2.24, 2.45) is 0 Å². The minimum absolute atomic E-state index is 0.172. The van der Waals surface area contributed by atoms with Crippen molar-refractivity contribution in [3.05, 3.63) is 29.0 Å². The molecule has 1 fully saturated rings. The van der Waals surface area contributed by atoms with Crippen LogP contribution in [0, 0.1) is 5.82 Å². The van der Waals surface area contributed by atoms with Crippen molar-refractivity contribution in [2.75, 3.05) is 13.1 Å². The van der Waals surface area contributed by atoms with Crippen LogP contribution in [0.5, 0.6) is 5.75 Å². The van der Waals surface area contributed by atoms with Crippen LogP contribution in [0.15, 0.2) is 18.2 Å². The summed E-state index contributed by atoms with van der Waals surface area (Å²) in [5.41, 5.74) is 0. The molecule has 2 nitrogen and oxygen atoms in total. The fraction of sp³-hybridized carbons (Fsp3) is 0.500. The van der Waals surface area contributed by atoms with Gasteiger partial charge in [-0.15, -0.1) is 0 Å². The van der Waals surface area contributed by atoms with E-state index in [1.54, 1.807) is 6.07 Å². The molecule has 1 aromatic carbocycles. The predicted molar refractivity (Wildman–Crippen MR) is 62.5 cm³/mol. The highest BCUT2D eigenvalue weighted by Crippen LogP contribution is 2.28. The molecule has 88 valence electrons. The lowest BCUT2D eigenvalue weighted by Crippen LogP contribution is -2.56. The summed E-state index contributed by atoms with van der Waals surface area (Å²) in [6, 6.07) is 4.76. The molecule has 0 amide bonds. The second kappa shape index (κ2) is 4.60. The minimum atomic E-state index is -0.338. The summed E-state index contributed by atoms with van der Waals surface area (Å²) in [5, 5.41) is 0.336. The van der Waals surface area contributed by atoms with Crippen molar-refractivity contribution in [1.29, 1.82) is 0 Å². The number of likely N-dealkylation sites (tertiary alicyclic amines) is 1. The van der Waals surface area contributed by atoms with E-state index in [0.29, 0.717) is 16.8 Å². The van der Waals surface area contributed by atoms with Crippen molar-refractivity contribution in [1.82, 2.24) is 4.90 Å². The smallest absolute Gasteiger partial charge is 0.138 e. The number of hydrogen-bond acceptors (Lipinski definition) is 2. The first-order valence-corrected chi connectivity index (χ1v) is 5.80. The van der Waals surface area contributed by atoms with Gasteiger partial charge < -0.3 is 4.74 Å². The fourth-order valence-corrected chi connectivity index (χ4v) is 1.93. The van der Waals surface area contributed by atoms with Crippen molar-refractivity contribution in [3.63, 3.8) is 0 Å². The van der Waals surface area contributed by atoms with Gasteiger partial charge in [0.25, 0.3) is 0 Å². The van der Waals surface area contributed by atoms with E-state index in [9.17, 15) is 4.39 Å². The van der Waals surface area contributed by atoms with Crippen LogP contribution in [0.25, 0.3) is 0 Å². The molecular weight excluding hydrogens is 229 g/mol. The monoisotopic (exact) mass is 243 g/mol. The molecule has 1 saturated heterocycles. The first-order chi connectivity index (χ1) is 7.56. The van der Waals surface area contributed by atoms with Crippen molar-refractivity contribution >= 4 is 11.6 Å². The van der Waals surface area contributed by atoms with Gasteiger partial charge in [-0.05, 0) is 32.0 Å². The van der Waals surface area contributed by atoms with Crippen LogP contribution in [0.1, 0.15) is 13.8 Å². The zero-order valence-electron chi connectivity index (χ0n) is 9.41. The van der Waals surface area contributed by atoms with Gasteiger partial charge in [-0.25, -0.2) is 4.39 Å². The Labute approximate surface area is 100.0 Å². The van der Waals surface area contributed by atoms with E-state index in [1.165, 1.54) is 12.1 Å². The predicted octanol–water partition coefficient (Wildman–Crippen LogP) is 2.95. The SMILES string of the molecule is CC(C)N1CC(Oc2ccc(F)cc2Cl)C1. The molecule has 0 radical (unpaired) electrons. The Balaban J connectivity index is 1.91. The Hall–Kier alpha value is -0.800. The molecule has 0 aromatic heterocycles. The third kappa shape index (κ3) is 2.47. The van der Waals surface area contributed by atoms with E-state index in [-0.39, 0.29) is 11.9 Å². The highest BCUT2D eigenvalue weighted by Gasteiger charge is 2.30. The quantitative estimate of drug-likeness (QED) is 0.809. The van der Waals surface area contributed by atoms with Crippen molar-refractivity contribution < 1.29 is 9.13 Å². The van der Waals surface area contributed by atoms with E-state index in [4.69, 9.17) is 16.3 Å². The van der Waals surface area contributed by atoms with Gasteiger partial charge in [0.15, 0.2) is 0 Å². The van der Waals surface area contributed by atoms with E-state index in [0.717, 1.165) is 13.1 Å². The lowest BCUT2D eigenvalue weighted by Gasteiger charge is -2.41. The molecule has 1 aliphatic heterocycles. The van der Waals surface area contributed by atoms with Gasteiger partial charge in [0, 0.05) is 19.1 Å². The maximum absolute atomic E-state index is 12.8. The van der Waals surface area contributed by atoms with Gasteiger partial charge in [-0.1, -0.05) is 11.6 Å². The zero-order valence-corrected chi connectivity index (χ0v) is 10.2. The van der Waals surface area contributed by atoms with Gasteiger partial charge >= 0.3 is 0 Å². The Morgan fingerprint density at radius 3 is 2.69 bits per heavy atom. The van der Waals surface area contributed by atoms with Gasteiger partial charge in [-0.3, -0.25) is 4.90 Å². The molecule has 16 heavy (non-hydrogen) atoms. The molecule has 0 aliphatic carbocycles. The third-order valence-electron chi connectivity index (χ3n) is 2.79. The number of ether oxygens (including phenoxy) is 1. The summed E-state index contributed by atoms with van der Waals surface area (Å²) >= 11 is 5.87. The van der Waals surface area contributed by atoms with Crippen LogP contribution in [0.4, 0.5) is 4.39 Å². The first-order valence-electron chi connectivity index (χ1n) is 5.42. The van der Waals surface area contributed by atoms with Crippen molar-refractivity contribution in [3.8, 4) is 5.75 Å². The number of halogens is 2. The molecule has 4 heteroatoms. The average molecular weight is 244 g/mol. The van der Waals surface area contributed by atoms with Gasteiger partial charge in [0.1, 0.15) is 17.7 Å². The average Bonchev–Trinajstić information content (AvgIpc) is 2.12. The second-order valence-corrected chi connectivity index (χ2v) is 4.77. The summed E-state index contributed by atoms with van der Waals surface area (Å²) in [6.07, 6.45) is 0.172. The molecular formula is C12H15ClFNO. The zero-order chi connectivity index (χ0) is 11.7. The molecule has 0 N–H and O–H groups in total. The molecule has 0 atom stereocenters. The minimum Gasteiger partial charge on any atom is -0.486 e. The fourth-order valence-electron chi connectivity index (χ4n) is 1.72. The summed E-state index contributed by atoms with van der Waals surface area (Å²) in [7, 11) is 0. The Kier molecular flexibility index (Phi) is 3.36. The van der Waals surface area contributed by atoms with Crippen LogP contribution < -0.4 is 4.74 Å². The van der Waals surface area contributed by atoms with Crippen LogP contribution >= 0.6 is 11.6 Å². The molecule has 0 bridgehead atoms. The molecule has 1 aliphatic rings. The van der Waals surface area contributed by atoms with Crippen molar-refractivity contribution in [2.45, 2.75) is 26.0 Å². The number of benzene rings is 1. The summed E-state index contributed by atoms with van der Waals surface area (Å²) in [4.78, 5) is 2.31. The highest BCUT2D eigenvalue weighted by atomic mass is 35.5. The van der Waals surface area contributed by atoms with E-state index in [1.807, 2.05) is 0 Å². The first kappa shape index (κ1) is 11.7. The van der Waals surface area contributed by atoms with E-state index < -0.39 is 0 Å². The number of rotatable bonds is 3. The lowest BCUT2D eigenvalue weighted by molar-refractivity contribution is 0.000171. The Bertz CT molecular complexity index is 377. The number of nitrogens with zero attached hydrogens (tertiary/aromatic N) is 1. The highest BCUT2D eigenvalue weighted by molar-refractivity contribution is 6.32. The van der Waals surface area contributed by atoms with Crippen LogP contribution in [0.3, 0.4) is 0 Å². The van der Waals surface area contributed by atoms with Crippen LogP contribution in [0.2, 0.25) is 5.02 Å². The summed E-state index contributed by atoms with van der Waals surface area (Å²) in [5.74, 6) is 0.228. The van der Waals surface area contributed by atoms with E-state index in [2.05, 4.69) is 18.7 Å². The molecule has 0 unspecified atom stereocenters. The number of hydrogen-bond donors (Lipinski definition) is 0. The standard InChI is InChI=1S/C12H15ClFNO/c1-8(2)15-6-10(7-15)16-12-4-3-9(14)5-11(12)13/h3-5,8,10H,6-7H2,1-2H3. The molecule has 0 saturated carbocycles. The maximum atomic E-state index is 12.8. The van der Waals surface area contributed by atoms with Crippen LogP contribution in [-0.2, 0) is 0 Å². The maximum Gasteiger partial charge on any atom is 0.138 e. The van der Waals surface area contributed by atoms with Gasteiger partial charge in [-0.2, -0.15) is 0 Å². The molecule has 1 aromatic rings. The largest absolute Gasteiger partial charge is 0.486 e. The van der Waals surface area contributed by atoms with E-state index >= 15 is 0 Å². The molecule has 1 heterocycles. The van der Waals surface area contributed by atoms with Gasteiger partial charge in [0.2, 0.25) is 0 Å². The topological polar surface area (TPSA) is 12.5 Å². The normalized spacial score (nSPS) is 17.6. The Morgan fingerprint density at radius 1 is 1.44 bits per heavy atom. The third-order valence-corrected chi connectivity index (χ3v) is 3.09. The Morgan fingerprint density at radius 2 is 2.12 bits per heavy atom. The van der Waals surface area contributed by atoms with Crippen LogP contribution in [-0.4, -0.2) is 30.1 Å². The lowest BCUT2D eigenvalue weighted by atomic mass is 10.1. The second-order valence-electron chi connectivity index (χ2n) is 4.36.